The van der Waals surface area contributed by atoms with Crippen LogP contribution in [0.2, 0.25) is 5.02 Å². The summed E-state index contributed by atoms with van der Waals surface area (Å²) >= 11 is 6.07. The maximum absolute atomic E-state index is 12.5. The van der Waals surface area contributed by atoms with Gasteiger partial charge in [0.1, 0.15) is 18.1 Å². The predicted molar refractivity (Wildman–Crippen MR) is 109 cm³/mol. The molecular formula is C22H26ClNO4. The summed E-state index contributed by atoms with van der Waals surface area (Å²) in [5, 5.41) is 3.65. The highest BCUT2D eigenvalue weighted by Gasteiger charge is 2.17. The molecule has 150 valence electrons. The number of amides is 1. The van der Waals surface area contributed by atoms with Gasteiger partial charge in [0.25, 0.3) is 5.91 Å². The van der Waals surface area contributed by atoms with Gasteiger partial charge in [-0.1, -0.05) is 11.6 Å². The quantitative estimate of drug-likeness (QED) is 0.703. The molecule has 2 aromatic carbocycles. The molecule has 1 aliphatic heterocycles. The fourth-order valence-electron chi connectivity index (χ4n) is 3.11. The Balaban J connectivity index is 1.69. The van der Waals surface area contributed by atoms with E-state index >= 15 is 0 Å². The summed E-state index contributed by atoms with van der Waals surface area (Å²) < 4.78 is 17.1. The van der Waals surface area contributed by atoms with Gasteiger partial charge in [0, 0.05) is 29.3 Å². The van der Waals surface area contributed by atoms with E-state index in [1.807, 2.05) is 44.2 Å². The lowest BCUT2D eigenvalue weighted by atomic mass is 10.1. The van der Waals surface area contributed by atoms with Crippen molar-refractivity contribution in [3.63, 3.8) is 0 Å². The van der Waals surface area contributed by atoms with Crippen LogP contribution >= 0.6 is 11.6 Å². The van der Waals surface area contributed by atoms with E-state index in [-0.39, 0.29) is 12.0 Å². The van der Waals surface area contributed by atoms with Crippen LogP contribution < -0.4 is 14.8 Å². The van der Waals surface area contributed by atoms with Gasteiger partial charge in [-0.05, 0) is 68.7 Å². The fraction of sp³-hybridized carbons (Fsp3) is 0.409. The minimum absolute atomic E-state index is 0.114. The van der Waals surface area contributed by atoms with Gasteiger partial charge in [0.05, 0.1) is 12.7 Å². The van der Waals surface area contributed by atoms with Gasteiger partial charge >= 0.3 is 0 Å². The largest absolute Gasteiger partial charge is 0.493 e. The molecule has 1 aliphatic rings. The van der Waals surface area contributed by atoms with Gasteiger partial charge in [-0.25, -0.2) is 0 Å². The first kappa shape index (κ1) is 20.5. The van der Waals surface area contributed by atoms with Gasteiger partial charge in [0.2, 0.25) is 0 Å². The number of halogens is 1. The topological polar surface area (TPSA) is 56.8 Å². The van der Waals surface area contributed by atoms with Crippen LogP contribution in [-0.4, -0.2) is 31.8 Å². The first-order chi connectivity index (χ1) is 13.6. The molecule has 5 nitrogen and oxygen atoms in total. The fourth-order valence-corrected chi connectivity index (χ4v) is 3.23. The van der Waals surface area contributed by atoms with Crippen molar-refractivity contribution in [3.8, 4) is 11.5 Å². The lowest BCUT2D eigenvalue weighted by Gasteiger charge is -2.15. The van der Waals surface area contributed by atoms with Crippen molar-refractivity contribution >= 4 is 17.5 Å². The van der Waals surface area contributed by atoms with Crippen LogP contribution in [0.25, 0.3) is 0 Å². The lowest BCUT2D eigenvalue weighted by Crippen LogP contribution is -2.31. The molecule has 28 heavy (non-hydrogen) atoms. The lowest BCUT2D eigenvalue weighted by molar-refractivity contribution is 0.0857. The zero-order valence-corrected chi connectivity index (χ0v) is 17.1. The van der Waals surface area contributed by atoms with Crippen LogP contribution in [0.1, 0.15) is 41.3 Å². The van der Waals surface area contributed by atoms with Crippen LogP contribution in [0.4, 0.5) is 0 Å². The van der Waals surface area contributed by atoms with Gasteiger partial charge in [-0.2, -0.15) is 0 Å². The highest BCUT2D eigenvalue weighted by Crippen LogP contribution is 2.25. The van der Waals surface area contributed by atoms with Crippen LogP contribution in [0.3, 0.4) is 0 Å². The molecule has 1 saturated heterocycles. The van der Waals surface area contributed by atoms with Crippen LogP contribution in [0, 0.1) is 6.92 Å². The molecule has 2 aromatic rings. The van der Waals surface area contributed by atoms with E-state index < -0.39 is 0 Å². The van der Waals surface area contributed by atoms with Crippen LogP contribution in [0.5, 0.6) is 11.5 Å². The molecule has 6 heteroatoms. The van der Waals surface area contributed by atoms with Crippen molar-refractivity contribution < 1.29 is 19.0 Å². The minimum Gasteiger partial charge on any atom is -0.493 e. The molecule has 1 heterocycles. The highest BCUT2D eigenvalue weighted by atomic mass is 35.5. The second-order valence-electron chi connectivity index (χ2n) is 6.80. The average Bonchev–Trinajstić information content (AvgIpc) is 3.21. The van der Waals surface area contributed by atoms with Crippen molar-refractivity contribution in [1.82, 2.24) is 5.32 Å². The normalized spacial score (nSPS) is 16.0. The van der Waals surface area contributed by atoms with E-state index in [9.17, 15) is 4.79 Å². The third-order valence-electron chi connectivity index (χ3n) is 4.66. The van der Waals surface area contributed by atoms with Crippen molar-refractivity contribution in [1.29, 1.82) is 0 Å². The zero-order chi connectivity index (χ0) is 19.9. The Labute approximate surface area is 170 Å². The Morgan fingerprint density at radius 2 is 2.11 bits per heavy atom. The maximum atomic E-state index is 12.5. The number of carbonyl (C=O) groups excluding carboxylic acids is 1. The molecule has 0 aliphatic carbocycles. The molecule has 0 aromatic heterocycles. The maximum Gasteiger partial charge on any atom is 0.251 e. The number of nitrogens with one attached hydrogen (secondary N) is 1. The summed E-state index contributed by atoms with van der Waals surface area (Å²) in [7, 11) is 0. The summed E-state index contributed by atoms with van der Waals surface area (Å²) in [6, 6.07) is 10.9. The molecule has 1 N–H and O–H groups in total. The first-order valence-electron chi connectivity index (χ1n) is 9.61. The van der Waals surface area contributed by atoms with Crippen molar-refractivity contribution in [2.24, 2.45) is 0 Å². The minimum atomic E-state index is -0.123. The summed E-state index contributed by atoms with van der Waals surface area (Å²) in [5.41, 5.74) is 2.35. The number of aryl methyl sites for hydroxylation is 1. The van der Waals surface area contributed by atoms with Crippen molar-refractivity contribution in [3.05, 3.63) is 58.1 Å². The standard InChI is InChI=1S/C22H26ClNO4/c1-3-26-21-9-6-16(22(25)24-13-19-5-4-10-27-19)12-17(21)14-28-18-7-8-20(23)15(2)11-18/h6-9,11-12,19H,3-5,10,13-14H2,1-2H3,(H,24,25)/t19-/m1/s1. The Kier molecular flexibility index (Phi) is 7.18. The molecule has 0 spiro atoms. The predicted octanol–water partition coefficient (Wildman–Crippen LogP) is 4.53. The third kappa shape index (κ3) is 5.40. The molecule has 0 radical (unpaired) electrons. The summed E-state index contributed by atoms with van der Waals surface area (Å²) in [5.74, 6) is 1.31. The van der Waals surface area contributed by atoms with E-state index in [0.717, 1.165) is 36.3 Å². The zero-order valence-electron chi connectivity index (χ0n) is 16.3. The van der Waals surface area contributed by atoms with E-state index in [1.54, 1.807) is 6.07 Å². The molecule has 1 fully saturated rings. The molecule has 1 atom stereocenters. The van der Waals surface area contributed by atoms with Crippen LogP contribution in [-0.2, 0) is 11.3 Å². The Hall–Kier alpha value is -2.24. The molecular weight excluding hydrogens is 378 g/mol. The summed E-state index contributed by atoms with van der Waals surface area (Å²) in [6.07, 6.45) is 2.15. The van der Waals surface area contributed by atoms with Gasteiger partial charge in [-0.15, -0.1) is 0 Å². The molecule has 0 bridgehead atoms. The van der Waals surface area contributed by atoms with Crippen molar-refractivity contribution in [2.45, 2.75) is 39.4 Å². The smallest absolute Gasteiger partial charge is 0.251 e. The number of ether oxygens (including phenoxy) is 3. The monoisotopic (exact) mass is 403 g/mol. The molecule has 0 unspecified atom stereocenters. The van der Waals surface area contributed by atoms with Crippen LogP contribution in [0.15, 0.2) is 36.4 Å². The third-order valence-corrected chi connectivity index (χ3v) is 5.08. The summed E-state index contributed by atoms with van der Waals surface area (Å²) in [6.45, 7) is 5.99. The van der Waals surface area contributed by atoms with Gasteiger partial charge < -0.3 is 19.5 Å². The Morgan fingerprint density at radius 1 is 1.25 bits per heavy atom. The average molecular weight is 404 g/mol. The number of rotatable bonds is 8. The Morgan fingerprint density at radius 3 is 2.82 bits per heavy atom. The van der Waals surface area contributed by atoms with E-state index in [4.69, 9.17) is 25.8 Å². The Bertz CT molecular complexity index is 818. The number of benzene rings is 2. The van der Waals surface area contributed by atoms with Gasteiger partial charge in [-0.3, -0.25) is 4.79 Å². The van der Waals surface area contributed by atoms with E-state index in [0.29, 0.717) is 36.1 Å². The number of hydrogen-bond donors (Lipinski definition) is 1. The van der Waals surface area contributed by atoms with E-state index in [1.165, 1.54) is 0 Å². The molecule has 3 rings (SSSR count). The first-order valence-corrected chi connectivity index (χ1v) is 9.99. The van der Waals surface area contributed by atoms with Crippen molar-refractivity contribution in [2.75, 3.05) is 19.8 Å². The number of hydrogen-bond acceptors (Lipinski definition) is 4. The number of carbonyl (C=O) groups is 1. The second kappa shape index (κ2) is 9.80. The SMILES string of the molecule is CCOc1ccc(C(=O)NC[C@H]2CCCO2)cc1COc1ccc(Cl)c(C)c1. The summed E-state index contributed by atoms with van der Waals surface area (Å²) in [4.78, 5) is 12.5. The van der Waals surface area contributed by atoms with Gasteiger partial charge in [0.15, 0.2) is 0 Å². The highest BCUT2D eigenvalue weighted by molar-refractivity contribution is 6.31. The van der Waals surface area contributed by atoms with E-state index in [2.05, 4.69) is 5.32 Å². The molecule has 0 saturated carbocycles. The molecule has 1 amide bonds. The second-order valence-corrected chi connectivity index (χ2v) is 7.21.